The first-order valence-corrected chi connectivity index (χ1v) is 6.60. The second-order valence-corrected chi connectivity index (χ2v) is 4.59. The summed E-state index contributed by atoms with van der Waals surface area (Å²) in [5.74, 6) is 0.456. The maximum Gasteiger partial charge on any atom is 0.261 e. The first-order valence-electron chi connectivity index (χ1n) is 6.60. The van der Waals surface area contributed by atoms with Gasteiger partial charge in [0.15, 0.2) is 5.65 Å². The Morgan fingerprint density at radius 3 is 2.76 bits per heavy atom. The summed E-state index contributed by atoms with van der Waals surface area (Å²) in [6, 6.07) is 1.83. The molecule has 3 aromatic rings. The topological polar surface area (TPSA) is 85.1 Å². The van der Waals surface area contributed by atoms with Crippen LogP contribution in [0.5, 0.6) is 0 Å². The van der Waals surface area contributed by atoms with Gasteiger partial charge < -0.3 is 5.32 Å². The zero-order valence-electron chi connectivity index (χ0n) is 11.7. The van der Waals surface area contributed by atoms with Crippen LogP contribution in [0.4, 0.5) is 5.69 Å². The van der Waals surface area contributed by atoms with Gasteiger partial charge in [-0.1, -0.05) is 6.92 Å². The summed E-state index contributed by atoms with van der Waals surface area (Å²) in [6.07, 6.45) is 7.21. The standard InChI is InChI=1S/C14H14N6O/c1-3-12-15-6-10(7-16-12)19-14(21)11-8-17-20-5-4-9(2)18-13(11)20/h4-8H,3H2,1-2H3,(H,19,21). The van der Waals surface area contributed by atoms with E-state index in [0.717, 1.165) is 17.9 Å². The second kappa shape index (κ2) is 5.28. The number of hydrogen-bond acceptors (Lipinski definition) is 5. The number of aromatic nitrogens is 5. The maximum absolute atomic E-state index is 12.3. The van der Waals surface area contributed by atoms with Crippen LogP contribution in [0.3, 0.4) is 0 Å². The Kier molecular flexibility index (Phi) is 3.31. The molecule has 1 amide bonds. The van der Waals surface area contributed by atoms with Crippen LogP contribution in [-0.2, 0) is 6.42 Å². The molecule has 7 nitrogen and oxygen atoms in total. The highest BCUT2D eigenvalue weighted by atomic mass is 16.1. The van der Waals surface area contributed by atoms with E-state index in [1.807, 2.05) is 19.9 Å². The lowest BCUT2D eigenvalue weighted by atomic mass is 10.3. The Hall–Kier alpha value is -2.83. The van der Waals surface area contributed by atoms with Crippen LogP contribution in [0, 0.1) is 6.92 Å². The largest absolute Gasteiger partial charge is 0.319 e. The monoisotopic (exact) mass is 282 g/mol. The first kappa shape index (κ1) is 13.2. The highest BCUT2D eigenvalue weighted by molar-refractivity contribution is 6.07. The minimum absolute atomic E-state index is 0.282. The maximum atomic E-state index is 12.3. The van der Waals surface area contributed by atoms with Crippen molar-refractivity contribution in [1.29, 1.82) is 0 Å². The Morgan fingerprint density at radius 2 is 2.05 bits per heavy atom. The van der Waals surface area contributed by atoms with E-state index in [-0.39, 0.29) is 5.91 Å². The third kappa shape index (κ3) is 2.58. The van der Waals surface area contributed by atoms with E-state index in [1.165, 1.54) is 6.20 Å². The Balaban J connectivity index is 1.87. The number of nitrogens with zero attached hydrogens (tertiary/aromatic N) is 5. The molecule has 7 heteroatoms. The van der Waals surface area contributed by atoms with E-state index in [1.54, 1.807) is 23.1 Å². The molecule has 3 rings (SSSR count). The lowest BCUT2D eigenvalue weighted by molar-refractivity contribution is 0.102. The Labute approximate surface area is 121 Å². The van der Waals surface area contributed by atoms with Crippen LogP contribution in [0.2, 0.25) is 0 Å². The zero-order valence-corrected chi connectivity index (χ0v) is 11.7. The van der Waals surface area contributed by atoms with Crippen LogP contribution < -0.4 is 5.32 Å². The van der Waals surface area contributed by atoms with E-state index in [9.17, 15) is 4.79 Å². The van der Waals surface area contributed by atoms with Gasteiger partial charge in [0, 0.05) is 18.3 Å². The summed E-state index contributed by atoms with van der Waals surface area (Å²) in [5, 5.41) is 6.86. The van der Waals surface area contributed by atoms with Gasteiger partial charge in [0.25, 0.3) is 5.91 Å². The summed E-state index contributed by atoms with van der Waals surface area (Å²) in [4.78, 5) is 24.9. The molecule has 0 aliphatic rings. The van der Waals surface area contributed by atoms with Gasteiger partial charge in [-0.25, -0.2) is 19.5 Å². The number of anilines is 1. The third-order valence-corrected chi connectivity index (χ3v) is 3.03. The van der Waals surface area contributed by atoms with E-state index < -0.39 is 0 Å². The van der Waals surface area contributed by atoms with Gasteiger partial charge in [0.2, 0.25) is 0 Å². The van der Waals surface area contributed by atoms with Gasteiger partial charge in [-0.3, -0.25) is 4.79 Å². The van der Waals surface area contributed by atoms with E-state index in [4.69, 9.17) is 0 Å². The van der Waals surface area contributed by atoms with Crippen molar-refractivity contribution in [3.8, 4) is 0 Å². The molecule has 0 bridgehead atoms. The van der Waals surface area contributed by atoms with Crippen molar-refractivity contribution in [2.75, 3.05) is 5.32 Å². The molecule has 0 aliphatic heterocycles. The molecule has 0 aliphatic carbocycles. The molecule has 0 radical (unpaired) electrons. The third-order valence-electron chi connectivity index (χ3n) is 3.03. The number of carbonyl (C=O) groups excluding carboxylic acids is 1. The Morgan fingerprint density at radius 1 is 1.29 bits per heavy atom. The van der Waals surface area contributed by atoms with Crippen LogP contribution >= 0.6 is 0 Å². The highest BCUT2D eigenvalue weighted by Crippen LogP contribution is 2.12. The average Bonchev–Trinajstić information content (AvgIpc) is 2.91. The quantitative estimate of drug-likeness (QED) is 0.789. The average molecular weight is 282 g/mol. The lowest BCUT2D eigenvalue weighted by Gasteiger charge is -2.04. The van der Waals surface area contributed by atoms with Gasteiger partial charge in [0.1, 0.15) is 11.4 Å². The molecule has 0 fully saturated rings. The fraction of sp³-hybridized carbons (Fsp3) is 0.214. The van der Waals surface area contributed by atoms with Crippen molar-refractivity contribution in [3.63, 3.8) is 0 Å². The molecule has 0 spiro atoms. The Bertz CT molecular complexity index is 793. The molecule has 3 heterocycles. The van der Waals surface area contributed by atoms with Crippen LogP contribution in [-0.4, -0.2) is 30.5 Å². The minimum atomic E-state index is -0.282. The number of nitrogens with one attached hydrogen (secondary N) is 1. The number of hydrogen-bond donors (Lipinski definition) is 1. The lowest BCUT2D eigenvalue weighted by Crippen LogP contribution is -2.13. The van der Waals surface area contributed by atoms with E-state index >= 15 is 0 Å². The number of aryl methyl sites for hydroxylation is 2. The van der Waals surface area contributed by atoms with Crippen LogP contribution in [0.15, 0.2) is 30.9 Å². The summed E-state index contributed by atoms with van der Waals surface area (Å²) >= 11 is 0. The summed E-state index contributed by atoms with van der Waals surface area (Å²) in [5.41, 5.74) is 2.31. The number of fused-ring (bicyclic) bond motifs is 1. The van der Waals surface area contributed by atoms with Crippen LogP contribution in [0.1, 0.15) is 28.8 Å². The zero-order chi connectivity index (χ0) is 14.8. The SMILES string of the molecule is CCc1ncc(NC(=O)c2cnn3ccc(C)nc23)cn1. The van der Waals surface area contributed by atoms with Gasteiger partial charge in [-0.15, -0.1) is 0 Å². The van der Waals surface area contributed by atoms with Gasteiger partial charge in [0.05, 0.1) is 24.3 Å². The second-order valence-electron chi connectivity index (χ2n) is 4.59. The van der Waals surface area contributed by atoms with Crippen molar-refractivity contribution in [3.05, 3.63) is 47.9 Å². The molecule has 106 valence electrons. The molecule has 0 unspecified atom stereocenters. The summed E-state index contributed by atoms with van der Waals surface area (Å²) in [7, 11) is 0. The molecule has 0 saturated carbocycles. The van der Waals surface area contributed by atoms with Crippen molar-refractivity contribution < 1.29 is 4.79 Å². The number of rotatable bonds is 3. The van der Waals surface area contributed by atoms with E-state index in [2.05, 4.69) is 25.4 Å². The normalized spacial score (nSPS) is 10.8. The molecule has 3 aromatic heterocycles. The number of amides is 1. The van der Waals surface area contributed by atoms with Gasteiger partial charge in [-0.2, -0.15) is 5.10 Å². The van der Waals surface area contributed by atoms with E-state index in [0.29, 0.717) is 16.9 Å². The highest BCUT2D eigenvalue weighted by Gasteiger charge is 2.14. The predicted octanol–water partition coefficient (Wildman–Crippen LogP) is 1.64. The molecule has 21 heavy (non-hydrogen) atoms. The van der Waals surface area contributed by atoms with Crippen LogP contribution in [0.25, 0.3) is 5.65 Å². The molecule has 0 atom stereocenters. The van der Waals surface area contributed by atoms with Gasteiger partial charge in [-0.05, 0) is 13.0 Å². The smallest absolute Gasteiger partial charge is 0.261 e. The van der Waals surface area contributed by atoms with Crippen molar-refractivity contribution in [2.24, 2.45) is 0 Å². The van der Waals surface area contributed by atoms with Crippen molar-refractivity contribution in [2.45, 2.75) is 20.3 Å². The van der Waals surface area contributed by atoms with Crippen molar-refractivity contribution >= 4 is 17.2 Å². The summed E-state index contributed by atoms with van der Waals surface area (Å²) in [6.45, 7) is 3.84. The molecule has 1 N–H and O–H groups in total. The fourth-order valence-electron chi connectivity index (χ4n) is 1.92. The van der Waals surface area contributed by atoms with Gasteiger partial charge >= 0.3 is 0 Å². The van der Waals surface area contributed by atoms with Crippen molar-refractivity contribution in [1.82, 2.24) is 24.6 Å². The first-order chi connectivity index (χ1) is 10.2. The summed E-state index contributed by atoms with van der Waals surface area (Å²) < 4.78 is 1.57. The molecule has 0 aromatic carbocycles. The molecule has 0 saturated heterocycles. The predicted molar refractivity (Wildman–Crippen MR) is 77.1 cm³/mol. The fourth-order valence-corrected chi connectivity index (χ4v) is 1.92. The minimum Gasteiger partial charge on any atom is -0.319 e. The molecular weight excluding hydrogens is 268 g/mol. The number of carbonyl (C=O) groups is 1. The molecular formula is C14H14N6O.